The molecule has 0 spiro atoms. The van der Waals surface area contributed by atoms with Gasteiger partial charge in [-0.15, -0.1) is 5.10 Å². The van der Waals surface area contributed by atoms with Crippen LogP contribution in [0.15, 0.2) is 29.6 Å². The predicted molar refractivity (Wildman–Crippen MR) is 54.0 cm³/mol. The van der Waals surface area contributed by atoms with Gasteiger partial charge in [-0.25, -0.2) is 4.98 Å². The van der Waals surface area contributed by atoms with Crippen LogP contribution in [-0.4, -0.2) is 32.7 Å². The fourth-order valence-electron chi connectivity index (χ4n) is 1.12. The molecule has 0 aromatic carbocycles. The molecule has 1 N–H and O–H groups in total. The van der Waals surface area contributed by atoms with Crippen molar-refractivity contribution < 1.29 is 13.0 Å². The maximum atomic E-state index is 10.8. The van der Waals surface area contributed by atoms with Crippen LogP contribution in [0, 0.1) is 0 Å². The largest absolute Gasteiger partial charge is 0.296 e. The van der Waals surface area contributed by atoms with Gasteiger partial charge < -0.3 is 0 Å². The Morgan fingerprint density at radius 1 is 1.31 bits per heavy atom. The Labute approximate surface area is 91.5 Å². The highest BCUT2D eigenvalue weighted by atomic mass is 32.2. The molecule has 2 aromatic heterocycles. The first-order chi connectivity index (χ1) is 7.47. The van der Waals surface area contributed by atoms with Crippen molar-refractivity contribution in [1.29, 1.82) is 0 Å². The number of hydrogen-bond acceptors (Lipinski definition) is 5. The van der Waals surface area contributed by atoms with Crippen LogP contribution in [0.25, 0.3) is 11.5 Å². The lowest BCUT2D eigenvalue weighted by molar-refractivity contribution is 0.483. The van der Waals surface area contributed by atoms with Gasteiger partial charge in [0.15, 0.2) is 5.82 Å². The third-order valence-electron chi connectivity index (χ3n) is 1.86. The maximum Gasteiger partial charge on any atom is 0.296 e. The molecule has 7 nitrogen and oxygen atoms in total. The van der Waals surface area contributed by atoms with Gasteiger partial charge in [0.2, 0.25) is 0 Å². The topological polar surface area (TPSA) is 98.0 Å². The van der Waals surface area contributed by atoms with Gasteiger partial charge in [-0.3, -0.25) is 14.2 Å². The smallest absolute Gasteiger partial charge is 0.282 e. The summed E-state index contributed by atoms with van der Waals surface area (Å²) in [5, 5.41) is 4.00. The Hall–Kier alpha value is -1.80. The van der Waals surface area contributed by atoms with Crippen LogP contribution < -0.4 is 0 Å². The van der Waals surface area contributed by atoms with Crippen molar-refractivity contribution in [3.8, 4) is 11.5 Å². The van der Waals surface area contributed by atoms with Crippen molar-refractivity contribution >= 4 is 10.1 Å². The van der Waals surface area contributed by atoms with Gasteiger partial charge in [-0.2, -0.15) is 8.42 Å². The lowest BCUT2D eigenvalue weighted by Crippen LogP contribution is -1.99. The maximum absolute atomic E-state index is 10.8. The highest BCUT2D eigenvalue weighted by molar-refractivity contribution is 7.85. The SMILES string of the molecule is Cn1cnc(-c2ccc(S(=O)(=O)O)cn2)n1. The molecule has 0 bridgehead atoms. The van der Waals surface area contributed by atoms with E-state index in [1.165, 1.54) is 23.1 Å². The van der Waals surface area contributed by atoms with Crippen molar-refractivity contribution in [2.75, 3.05) is 0 Å². The zero-order chi connectivity index (χ0) is 11.8. The average molecular weight is 240 g/mol. The molecule has 2 heterocycles. The normalized spacial score (nSPS) is 11.6. The summed E-state index contributed by atoms with van der Waals surface area (Å²) in [5.41, 5.74) is 0.438. The van der Waals surface area contributed by atoms with E-state index >= 15 is 0 Å². The first-order valence-electron chi connectivity index (χ1n) is 4.26. The fourth-order valence-corrected chi connectivity index (χ4v) is 1.55. The minimum atomic E-state index is -4.21. The molecule has 2 rings (SSSR count). The molecule has 0 amide bonds. The monoisotopic (exact) mass is 240 g/mol. The molecule has 0 saturated carbocycles. The van der Waals surface area contributed by atoms with Crippen molar-refractivity contribution in [2.24, 2.45) is 7.05 Å². The molecule has 2 aromatic rings. The predicted octanol–water partition coefficient (Wildman–Crippen LogP) is 0.124. The van der Waals surface area contributed by atoms with Crippen LogP contribution in [0.5, 0.6) is 0 Å². The van der Waals surface area contributed by atoms with E-state index in [4.69, 9.17) is 4.55 Å². The quantitative estimate of drug-likeness (QED) is 0.749. The van der Waals surface area contributed by atoms with Crippen LogP contribution in [0.3, 0.4) is 0 Å². The molecule has 0 atom stereocenters. The van der Waals surface area contributed by atoms with Gasteiger partial charge in [0.25, 0.3) is 10.1 Å². The molecule has 0 saturated heterocycles. The van der Waals surface area contributed by atoms with Crippen molar-refractivity contribution in [3.63, 3.8) is 0 Å². The summed E-state index contributed by atoms with van der Waals surface area (Å²) in [5.74, 6) is 0.393. The molecule has 0 radical (unpaired) electrons. The number of aryl methyl sites for hydroxylation is 1. The Morgan fingerprint density at radius 3 is 2.50 bits per heavy atom. The van der Waals surface area contributed by atoms with E-state index in [1.807, 2.05) is 0 Å². The number of hydrogen-bond donors (Lipinski definition) is 1. The van der Waals surface area contributed by atoms with Gasteiger partial charge in [0.1, 0.15) is 16.9 Å². The number of aromatic nitrogens is 4. The zero-order valence-electron chi connectivity index (χ0n) is 8.27. The molecule has 8 heteroatoms. The van der Waals surface area contributed by atoms with E-state index in [0.717, 1.165) is 6.20 Å². The van der Waals surface area contributed by atoms with E-state index in [9.17, 15) is 8.42 Å². The van der Waals surface area contributed by atoms with Gasteiger partial charge in [0, 0.05) is 13.2 Å². The van der Waals surface area contributed by atoms with E-state index < -0.39 is 10.1 Å². The van der Waals surface area contributed by atoms with Crippen LogP contribution in [0.1, 0.15) is 0 Å². The van der Waals surface area contributed by atoms with Crippen molar-refractivity contribution in [1.82, 2.24) is 19.7 Å². The Morgan fingerprint density at radius 2 is 2.06 bits per heavy atom. The molecule has 0 aliphatic carbocycles. The highest BCUT2D eigenvalue weighted by Crippen LogP contribution is 2.13. The summed E-state index contributed by atoms with van der Waals surface area (Å²) >= 11 is 0. The van der Waals surface area contributed by atoms with E-state index in [1.54, 1.807) is 7.05 Å². The number of rotatable bonds is 2. The van der Waals surface area contributed by atoms with Crippen molar-refractivity contribution in [2.45, 2.75) is 4.90 Å². The third kappa shape index (κ3) is 2.07. The second-order valence-corrected chi connectivity index (χ2v) is 4.52. The van der Waals surface area contributed by atoms with E-state index in [2.05, 4.69) is 15.1 Å². The second-order valence-electron chi connectivity index (χ2n) is 3.10. The summed E-state index contributed by atoms with van der Waals surface area (Å²) in [6, 6.07) is 2.67. The lowest BCUT2D eigenvalue weighted by atomic mass is 10.3. The highest BCUT2D eigenvalue weighted by Gasteiger charge is 2.11. The molecular weight excluding hydrogens is 232 g/mol. The van der Waals surface area contributed by atoms with Gasteiger partial charge >= 0.3 is 0 Å². The number of nitrogens with zero attached hydrogens (tertiary/aromatic N) is 4. The van der Waals surface area contributed by atoms with Crippen LogP contribution >= 0.6 is 0 Å². The lowest BCUT2D eigenvalue weighted by Gasteiger charge is -1.97. The Kier molecular flexibility index (Phi) is 2.44. The summed E-state index contributed by atoms with van der Waals surface area (Å²) < 4.78 is 31.8. The van der Waals surface area contributed by atoms with E-state index in [0.29, 0.717) is 11.5 Å². The fraction of sp³-hybridized carbons (Fsp3) is 0.125. The standard InChI is InChI=1S/C8H8N4O3S/c1-12-5-10-8(11-12)7-3-2-6(4-9-7)16(13,14)15/h2-5H,1H3,(H,13,14,15). The average Bonchev–Trinajstić information content (AvgIpc) is 2.64. The van der Waals surface area contributed by atoms with Crippen LogP contribution in [0.2, 0.25) is 0 Å². The second kappa shape index (κ2) is 3.65. The van der Waals surface area contributed by atoms with Crippen molar-refractivity contribution in [3.05, 3.63) is 24.7 Å². The molecular formula is C8H8N4O3S. The minimum absolute atomic E-state index is 0.257. The molecule has 0 aliphatic rings. The van der Waals surface area contributed by atoms with Gasteiger partial charge in [0.05, 0.1) is 0 Å². The summed E-state index contributed by atoms with van der Waals surface area (Å²) in [6.07, 6.45) is 2.56. The molecule has 0 aliphatic heterocycles. The summed E-state index contributed by atoms with van der Waals surface area (Å²) in [4.78, 5) is 7.55. The molecule has 0 fully saturated rings. The van der Waals surface area contributed by atoms with Crippen LogP contribution in [0.4, 0.5) is 0 Å². The third-order valence-corrected chi connectivity index (χ3v) is 2.70. The Balaban J connectivity index is 2.40. The first-order valence-corrected chi connectivity index (χ1v) is 5.70. The van der Waals surface area contributed by atoms with Crippen LogP contribution in [-0.2, 0) is 17.2 Å². The van der Waals surface area contributed by atoms with Gasteiger partial charge in [-0.1, -0.05) is 0 Å². The van der Waals surface area contributed by atoms with E-state index in [-0.39, 0.29) is 4.90 Å². The Bertz CT molecular complexity index is 602. The zero-order valence-corrected chi connectivity index (χ0v) is 9.09. The minimum Gasteiger partial charge on any atom is -0.282 e. The van der Waals surface area contributed by atoms with Gasteiger partial charge in [-0.05, 0) is 12.1 Å². The summed E-state index contributed by atoms with van der Waals surface area (Å²) in [7, 11) is -2.49. The molecule has 84 valence electrons. The first kappa shape index (κ1) is 10.7. The summed E-state index contributed by atoms with van der Waals surface area (Å²) in [6.45, 7) is 0. The molecule has 16 heavy (non-hydrogen) atoms. The number of pyridine rings is 1. The molecule has 0 unspecified atom stereocenters.